The number of azo groups is 2. The summed E-state index contributed by atoms with van der Waals surface area (Å²) in [6.07, 6.45) is 0. The van der Waals surface area contributed by atoms with E-state index in [-0.39, 0.29) is 26.4 Å². The summed E-state index contributed by atoms with van der Waals surface area (Å²) in [5, 5.41) is 44.9. The average Bonchev–Trinajstić information content (AvgIpc) is 3.08. The summed E-state index contributed by atoms with van der Waals surface area (Å²) in [5.41, 5.74) is 4.76. The zero-order chi connectivity index (χ0) is 33.5. The van der Waals surface area contributed by atoms with Crippen molar-refractivity contribution in [3.63, 3.8) is 0 Å². The number of nitrogens with zero attached hydrogens (tertiary/aromatic N) is 6. The SMILES string of the molecule is C=C(C)C(=O)OCCN(CCO)c1ccc(N=Nc2ccc(N=Nc3ccc(N(CCO)CCO)cc3)cc2)cc1.CC.CC. The third-order valence-corrected chi connectivity index (χ3v) is 5.89. The largest absolute Gasteiger partial charge is 0.460 e. The summed E-state index contributed by atoms with van der Waals surface area (Å²) in [6, 6.07) is 22.0. The van der Waals surface area contributed by atoms with Crippen molar-refractivity contribution in [1.82, 2.24) is 0 Å². The summed E-state index contributed by atoms with van der Waals surface area (Å²) in [5.74, 6) is -0.437. The molecule has 0 fully saturated rings. The predicted molar refractivity (Wildman–Crippen MR) is 182 cm³/mol. The van der Waals surface area contributed by atoms with Gasteiger partial charge in [-0.1, -0.05) is 34.3 Å². The standard InChI is InChI=1S/C30H36N6O5.2C2H6/c1-23(2)30(40)41-22-18-36(17-21-39)29-13-9-27(10-14-29)34-32-25-5-3-24(4-6-25)31-33-26-7-11-28(12-8-26)35(15-19-37)16-20-38;2*1-2/h3-14,37-39H,1,15-22H2,2H3;2*1-2H3. The molecule has 0 aliphatic rings. The highest BCUT2D eigenvalue weighted by Gasteiger charge is 2.09. The number of hydrogen-bond acceptors (Lipinski definition) is 11. The van der Waals surface area contributed by atoms with Crippen LogP contribution in [0.2, 0.25) is 0 Å². The molecule has 3 rings (SSSR count). The van der Waals surface area contributed by atoms with Crippen LogP contribution in [0.1, 0.15) is 34.6 Å². The Kier molecular flexibility index (Phi) is 19.7. The van der Waals surface area contributed by atoms with Gasteiger partial charge in [-0.3, -0.25) is 0 Å². The number of aliphatic hydroxyl groups is 3. The first-order chi connectivity index (χ1) is 21.9. The second kappa shape index (κ2) is 23.0. The number of esters is 1. The molecule has 0 atom stereocenters. The van der Waals surface area contributed by atoms with E-state index in [1.165, 1.54) is 0 Å². The highest BCUT2D eigenvalue weighted by Crippen LogP contribution is 2.26. The zero-order valence-electron chi connectivity index (χ0n) is 27.1. The molecule has 244 valence electrons. The quantitative estimate of drug-likeness (QED) is 0.0867. The van der Waals surface area contributed by atoms with Crippen molar-refractivity contribution in [1.29, 1.82) is 0 Å². The van der Waals surface area contributed by atoms with Gasteiger partial charge in [0.25, 0.3) is 0 Å². The van der Waals surface area contributed by atoms with Gasteiger partial charge in [-0.05, 0) is 79.7 Å². The minimum Gasteiger partial charge on any atom is -0.460 e. The van der Waals surface area contributed by atoms with Gasteiger partial charge in [0.15, 0.2) is 0 Å². The lowest BCUT2D eigenvalue weighted by molar-refractivity contribution is -0.138. The number of hydrogen-bond donors (Lipinski definition) is 3. The molecule has 3 aromatic carbocycles. The number of carbonyl (C=O) groups excluding carboxylic acids is 1. The Labute approximate surface area is 267 Å². The Bertz CT molecular complexity index is 1290. The van der Waals surface area contributed by atoms with E-state index in [2.05, 4.69) is 27.0 Å². The van der Waals surface area contributed by atoms with Crippen molar-refractivity contribution in [3.8, 4) is 0 Å². The van der Waals surface area contributed by atoms with Gasteiger partial charge in [-0.2, -0.15) is 20.5 Å². The lowest BCUT2D eigenvalue weighted by Crippen LogP contribution is -2.31. The maximum absolute atomic E-state index is 11.6. The highest BCUT2D eigenvalue weighted by atomic mass is 16.5. The lowest BCUT2D eigenvalue weighted by Gasteiger charge is -2.23. The molecule has 11 heteroatoms. The van der Waals surface area contributed by atoms with Crippen LogP contribution in [0.4, 0.5) is 34.1 Å². The molecular weight excluding hydrogens is 572 g/mol. The van der Waals surface area contributed by atoms with E-state index in [4.69, 9.17) is 4.74 Å². The molecule has 0 radical (unpaired) electrons. The van der Waals surface area contributed by atoms with Crippen molar-refractivity contribution in [2.45, 2.75) is 34.6 Å². The Morgan fingerprint density at radius 2 is 0.889 bits per heavy atom. The first-order valence-corrected chi connectivity index (χ1v) is 15.2. The van der Waals surface area contributed by atoms with E-state index in [1.807, 2.05) is 86.0 Å². The van der Waals surface area contributed by atoms with Crippen LogP contribution in [0, 0.1) is 0 Å². The maximum Gasteiger partial charge on any atom is 0.333 e. The summed E-state index contributed by atoms with van der Waals surface area (Å²) in [7, 11) is 0. The molecule has 0 aliphatic heterocycles. The van der Waals surface area contributed by atoms with Gasteiger partial charge in [-0.25, -0.2) is 4.79 Å². The fourth-order valence-corrected chi connectivity index (χ4v) is 3.75. The van der Waals surface area contributed by atoms with Crippen LogP contribution >= 0.6 is 0 Å². The van der Waals surface area contributed by atoms with Gasteiger partial charge >= 0.3 is 5.97 Å². The van der Waals surface area contributed by atoms with Crippen molar-refractivity contribution in [2.75, 3.05) is 62.4 Å². The van der Waals surface area contributed by atoms with Gasteiger partial charge < -0.3 is 29.9 Å². The van der Waals surface area contributed by atoms with E-state index < -0.39 is 5.97 Å². The number of aliphatic hydroxyl groups excluding tert-OH is 3. The molecule has 0 unspecified atom stereocenters. The summed E-state index contributed by atoms with van der Waals surface area (Å²) < 4.78 is 5.16. The fourth-order valence-electron chi connectivity index (χ4n) is 3.75. The minimum absolute atomic E-state index is 0.00520. The van der Waals surface area contributed by atoms with Crippen LogP contribution in [0.15, 0.2) is 105 Å². The Morgan fingerprint density at radius 3 is 1.18 bits per heavy atom. The predicted octanol–water partition coefficient (Wildman–Crippen LogP) is 7.28. The van der Waals surface area contributed by atoms with Crippen LogP contribution in [-0.2, 0) is 9.53 Å². The Balaban J connectivity index is 0.00000243. The molecule has 0 aromatic heterocycles. The molecule has 45 heavy (non-hydrogen) atoms. The van der Waals surface area contributed by atoms with Crippen LogP contribution < -0.4 is 9.80 Å². The second-order valence-corrected chi connectivity index (χ2v) is 9.01. The molecule has 0 saturated carbocycles. The van der Waals surface area contributed by atoms with Gasteiger partial charge in [0.2, 0.25) is 0 Å². The van der Waals surface area contributed by atoms with Gasteiger partial charge in [0.1, 0.15) is 6.61 Å². The van der Waals surface area contributed by atoms with Crippen molar-refractivity contribution < 1.29 is 24.9 Å². The summed E-state index contributed by atoms with van der Waals surface area (Å²) in [6.45, 7) is 15.0. The summed E-state index contributed by atoms with van der Waals surface area (Å²) in [4.78, 5) is 15.4. The average molecular weight is 621 g/mol. The van der Waals surface area contributed by atoms with Crippen LogP contribution in [0.25, 0.3) is 0 Å². The molecular formula is C34H48N6O5. The Hall–Kier alpha value is -4.45. The molecule has 0 amide bonds. The molecule has 3 aromatic rings. The third-order valence-electron chi connectivity index (χ3n) is 5.89. The topological polar surface area (TPSA) is 143 Å². The lowest BCUT2D eigenvalue weighted by atomic mass is 10.2. The molecule has 0 heterocycles. The monoisotopic (exact) mass is 620 g/mol. The summed E-state index contributed by atoms with van der Waals surface area (Å²) >= 11 is 0. The normalized spacial score (nSPS) is 10.5. The number of carbonyl (C=O) groups is 1. The molecule has 0 spiro atoms. The molecule has 3 N–H and O–H groups in total. The maximum atomic E-state index is 11.6. The highest BCUT2D eigenvalue weighted by molar-refractivity contribution is 5.86. The first-order valence-electron chi connectivity index (χ1n) is 15.2. The van der Waals surface area contributed by atoms with E-state index in [0.717, 1.165) is 11.4 Å². The van der Waals surface area contributed by atoms with E-state index in [9.17, 15) is 20.1 Å². The van der Waals surface area contributed by atoms with Crippen molar-refractivity contribution in [3.05, 3.63) is 84.9 Å². The van der Waals surface area contributed by atoms with Crippen LogP contribution in [-0.4, -0.2) is 73.9 Å². The number of anilines is 2. The van der Waals surface area contributed by atoms with Gasteiger partial charge in [0.05, 0.1) is 49.1 Å². The first kappa shape index (κ1) is 38.6. The number of ether oxygens (including phenoxy) is 1. The molecule has 0 bridgehead atoms. The van der Waals surface area contributed by atoms with Crippen molar-refractivity contribution in [2.24, 2.45) is 20.5 Å². The van der Waals surface area contributed by atoms with Crippen molar-refractivity contribution >= 4 is 40.1 Å². The molecule has 0 aliphatic carbocycles. The van der Waals surface area contributed by atoms with E-state index in [0.29, 0.717) is 54.5 Å². The second-order valence-electron chi connectivity index (χ2n) is 9.01. The zero-order valence-corrected chi connectivity index (χ0v) is 27.1. The Morgan fingerprint density at radius 1 is 0.600 bits per heavy atom. The molecule has 0 saturated heterocycles. The number of benzene rings is 3. The third kappa shape index (κ3) is 14.3. The van der Waals surface area contributed by atoms with Gasteiger partial charge in [-0.15, -0.1) is 0 Å². The number of rotatable bonds is 16. The fraction of sp³-hybridized carbons (Fsp3) is 0.382. The van der Waals surface area contributed by atoms with Crippen LogP contribution in [0.5, 0.6) is 0 Å². The van der Waals surface area contributed by atoms with Gasteiger partial charge in [0, 0.05) is 36.6 Å². The smallest absolute Gasteiger partial charge is 0.333 e. The molecule has 11 nitrogen and oxygen atoms in total. The van der Waals surface area contributed by atoms with E-state index in [1.54, 1.807) is 31.2 Å². The van der Waals surface area contributed by atoms with Crippen LogP contribution in [0.3, 0.4) is 0 Å². The minimum atomic E-state index is -0.437. The van der Waals surface area contributed by atoms with E-state index >= 15 is 0 Å².